The molecule has 0 bridgehead atoms. The fraction of sp³-hybridized carbons (Fsp3) is 0.400. The van der Waals surface area contributed by atoms with Crippen LogP contribution in [0.25, 0.3) is 0 Å². The quantitative estimate of drug-likeness (QED) is 0.658. The number of fused-ring (bicyclic) bond motifs is 1. The summed E-state index contributed by atoms with van der Waals surface area (Å²) in [4.78, 5) is 0. The molecule has 0 aliphatic heterocycles. The van der Waals surface area contributed by atoms with Crippen LogP contribution in [0.4, 0.5) is 0 Å². The summed E-state index contributed by atoms with van der Waals surface area (Å²) in [6.45, 7) is 0. The molecule has 1 nitrogen and oxygen atoms in total. The predicted molar refractivity (Wildman–Crippen MR) is 51.4 cm³/mol. The van der Waals surface area contributed by atoms with Crippen LogP contribution < -0.4 is 5.73 Å². The van der Waals surface area contributed by atoms with Crippen LogP contribution in [0.5, 0.6) is 0 Å². The van der Waals surface area contributed by atoms with Gasteiger partial charge in [0.2, 0.25) is 0 Å². The smallest absolute Gasteiger partial charge is 0.0474 e. The monoisotopic (exact) mass is 181 g/mol. The van der Waals surface area contributed by atoms with E-state index in [2.05, 4.69) is 18.2 Å². The van der Waals surface area contributed by atoms with E-state index in [-0.39, 0.29) is 0 Å². The summed E-state index contributed by atoms with van der Waals surface area (Å²) in [5.41, 5.74) is 9.83. The Morgan fingerprint density at radius 3 is 2.83 bits per heavy atom. The number of benzene rings is 1. The van der Waals surface area contributed by atoms with Gasteiger partial charge in [0.05, 0.1) is 0 Å². The fourth-order valence-electron chi connectivity index (χ4n) is 1.79. The minimum atomic E-state index is 0.325. The molecule has 1 aliphatic rings. The zero-order chi connectivity index (χ0) is 8.55. The Morgan fingerprint density at radius 2 is 2.08 bits per heavy atom. The van der Waals surface area contributed by atoms with Crippen molar-refractivity contribution in [2.45, 2.75) is 24.8 Å². The summed E-state index contributed by atoms with van der Waals surface area (Å²) < 4.78 is 0. The van der Waals surface area contributed by atoms with Crippen LogP contribution in [0.3, 0.4) is 0 Å². The molecule has 1 unspecified atom stereocenters. The van der Waals surface area contributed by atoms with E-state index >= 15 is 0 Å². The lowest BCUT2D eigenvalue weighted by molar-refractivity contribution is 0.721. The summed E-state index contributed by atoms with van der Waals surface area (Å²) in [5.74, 6) is 0.600. The Labute approximate surface area is 77.5 Å². The Hall–Kier alpha value is -0.530. The molecule has 1 aliphatic carbocycles. The van der Waals surface area contributed by atoms with E-state index in [1.807, 2.05) is 0 Å². The molecule has 0 spiro atoms. The van der Waals surface area contributed by atoms with Crippen LogP contribution in [0.2, 0.25) is 0 Å². The maximum Gasteiger partial charge on any atom is 0.0474 e. The third kappa shape index (κ3) is 1.35. The normalized spacial score (nSPS) is 21.0. The molecule has 0 radical (unpaired) electrons. The molecule has 12 heavy (non-hydrogen) atoms. The summed E-state index contributed by atoms with van der Waals surface area (Å²) in [5, 5.41) is 0. The Kier molecular flexibility index (Phi) is 2.07. The molecule has 2 N–H and O–H groups in total. The molecule has 64 valence electrons. The minimum Gasteiger partial charge on any atom is -0.327 e. The first-order chi connectivity index (χ1) is 5.79. The van der Waals surface area contributed by atoms with Crippen LogP contribution in [-0.4, -0.2) is 6.04 Å². The van der Waals surface area contributed by atoms with Crippen molar-refractivity contribution in [2.75, 3.05) is 0 Å². The topological polar surface area (TPSA) is 26.0 Å². The second-order valence-corrected chi connectivity index (χ2v) is 3.67. The third-order valence-electron chi connectivity index (χ3n) is 2.39. The summed E-state index contributed by atoms with van der Waals surface area (Å²) in [6.07, 6.45) is 2.04. The molecule has 0 amide bonds. The zero-order valence-corrected chi connectivity index (χ0v) is 7.64. The first kappa shape index (κ1) is 8.09. The average molecular weight is 182 g/mol. The maximum atomic E-state index is 5.84. The lowest BCUT2D eigenvalue weighted by Gasteiger charge is -2.00. The second-order valence-electron chi connectivity index (χ2n) is 3.41. The van der Waals surface area contributed by atoms with Crippen molar-refractivity contribution >= 4 is 11.6 Å². The number of alkyl halides is 1. The van der Waals surface area contributed by atoms with Crippen molar-refractivity contribution in [2.24, 2.45) is 5.73 Å². The number of hydrogen-bond donors (Lipinski definition) is 1. The van der Waals surface area contributed by atoms with Gasteiger partial charge < -0.3 is 5.73 Å². The zero-order valence-electron chi connectivity index (χ0n) is 6.89. The lowest BCUT2D eigenvalue weighted by atomic mass is 10.1. The van der Waals surface area contributed by atoms with E-state index < -0.39 is 0 Å². The van der Waals surface area contributed by atoms with E-state index in [0.29, 0.717) is 11.9 Å². The van der Waals surface area contributed by atoms with E-state index in [0.717, 1.165) is 12.8 Å². The Morgan fingerprint density at radius 1 is 1.33 bits per heavy atom. The van der Waals surface area contributed by atoms with Crippen molar-refractivity contribution in [3.8, 4) is 0 Å². The van der Waals surface area contributed by atoms with Crippen molar-refractivity contribution in [1.82, 2.24) is 0 Å². The summed E-state index contributed by atoms with van der Waals surface area (Å²) >= 11 is 5.73. The van der Waals surface area contributed by atoms with Gasteiger partial charge in [0.25, 0.3) is 0 Å². The average Bonchev–Trinajstić information content (AvgIpc) is 2.43. The van der Waals surface area contributed by atoms with Gasteiger partial charge in [-0.2, -0.15) is 0 Å². The van der Waals surface area contributed by atoms with Gasteiger partial charge in [0, 0.05) is 11.9 Å². The maximum absolute atomic E-state index is 5.84. The highest BCUT2D eigenvalue weighted by Gasteiger charge is 2.17. The van der Waals surface area contributed by atoms with Gasteiger partial charge in [-0.15, -0.1) is 11.6 Å². The van der Waals surface area contributed by atoms with Crippen LogP contribution in [0, 0.1) is 0 Å². The van der Waals surface area contributed by atoms with Gasteiger partial charge in [-0.3, -0.25) is 0 Å². The minimum absolute atomic E-state index is 0.325. The van der Waals surface area contributed by atoms with Crippen molar-refractivity contribution < 1.29 is 0 Å². The molecule has 0 aromatic heterocycles. The molecule has 1 atom stereocenters. The predicted octanol–water partition coefficient (Wildman–Crippen LogP) is 1.85. The summed E-state index contributed by atoms with van der Waals surface area (Å²) in [6, 6.07) is 6.74. The Balaban J connectivity index is 2.35. The van der Waals surface area contributed by atoms with Crippen molar-refractivity contribution in [3.63, 3.8) is 0 Å². The number of hydrogen-bond acceptors (Lipinski definition) is 1. The van der Waals surface area contributed by atoms with E-state index in [9.17, 15) is 0 Å². The van der Waals surface area contributed by atoms with E-state index in [1.165, 1.54) is 16.7 Å². The fourth-order valence-corrected chi connectivity index (χ4v) is 1.95. The molecule has 2 rings (SSSR count). The SMILES string of the molecule is NC1Cc2ccc(CCl)cc2C1. The molecule has 0 saturated carbocycles. The highest BCUT2D eigenvalue weighted by Crippen LogP contribution is 2.22. The third-order valence-corrected chi connectivity index (χ3v) is 2.70. The van der Waals surface area contributed by atoms with Gasteiger partial charge in [0.15, 0.2) is 0 Å². The highest BCUT2D eigenvalue weighted by molar-refractivity contribution is 6.17. The second kappa shape index (κ2) is 3.08. The van der Waals surface area contributed by atoms with Gasteiger partial charge in [-0.05, 0) is 29.5 Å². The molecule has 2 heteroatoms. The molecular weight excluding hydrogens is 170 g/mol. The molecule has 1 aromatic carbocycles. The largest absolute Gasteiger partial charge is 0.327 e. The van der Waals surface area contributed by atoms with Crippen LogP contribution >= 0.6 is 11.6 Å². The van der Waals surface area contributed by atoms with Gasteiger partial charge in [-0.25, -0.2) is 0 Å². The summed E-state index contributed by atoms with van der Waals surface area (Å²) in [7, 11) is 0. The molecule has 0 fully saturated rings. The van der Waals surface area contributed by atoms with Gasteiger partial charge in [0.1, 0.15) is 0 Å². The van der Waals surface area contributed by atoms with Crippen LogP contribution in [-0.2, 0) is 18.7 Å². The van der Waals surface area contributed by atoms with Crippen LogP contribution in [0.15, 0.2) is 18.2 Å². The van der Waals surface area contributed by atoms with Gasteiger partial charge >= 0.3 is 0 Å². The van der Waals surface area contributed by atoms with Gasteiger partial charge in [-0.1, -0.05) is 18.2 Å². The lowest BCUT2D eigenvalue weighted by Crippen LogP contribution is -2.18. The standard InChI is InChI=1S/C10H12ClN/c11-6-7-1-2-8-4-10(12)5-9(8)3-7/h1-3,10H,4-6,12H2. The molecular formula is C10H12ClN. The van der Waals surface area contributed by atoms with Crippen LogP contribution in [0.1, 0.15) is 16.7 Å². The Bertz CT molecular complexity index is 296. The van der Waals surface area contributed by atoms with Crippen molar-refractivity contribution in [3.05, 3.63) is 34.9 Å². The molecule has 0 saturated heterocycles. The molecule has 1 aromatic rings. The van der Waals surface area contributed by atoms with E-state index in [4.69, 9.17) is 17.3 Å². The number of nitrogens with two attached hydrogens (primary N) is 1. The highest BCUT2D eigenvalue weighted by atomic mass is 35.5. The number of halogens is 1. The molecule has 0 heterocycles. The first-order valence-corrected chi connectivity index (χ1v) is 4.75. The number of rotatable bonds is 1. The van der Waals surface area contributed by atoms with E-state index in [1.54, 1.807) is 0 Å². The first-order valence-electron chi connectivity index (χ1n) is 4.22. The van der Waals surface area contributed by atoms with Crippen molar-refractivity contribution in [1.29, 1.82) is 0 Å².